The van der Waals surface area contributed by atoms with Gasteiger partial charge >= 0.3 is 12.1 Å². The summed E-state index contributed by atoms with van der Waals surface area (Å²) in [6, 6.07) is -0.615. The van der Waals surface area contributed by atoms with Crippen LogP contribution in [-0.4, -0.2) is 30.5 Å². The van der Waals surface area contributed by atoms with Crippen molar-refractivity contribution in [2.24, 2.45) is 10.7 Å². The van der Waals surface area contributed by atoms with Crippen molar-refractivity contribution in [1.29, 1.82) is 0 Å². The van der Waals surface area contributed by atoms with Gasteiger partial charge in [-0.15, -0.1) is 0 Å². The van der Waals surface area contributed by atoms with Crippen LogP contribution in [0, 0.1) is 0 Å². The van der Waals surface area contributed by atoms with Gasteiger partial charge in [-0.25, -0.2) is 4.79 Å². The summed E-state index contributed by atoms with van der Waals surface area (Å²) >= 11 is 0. The van der Waals surface area contributed by atoms with Crippen molar-refractivity contribution in [3.8, 4) is 0 Å². The molecule has 0 heterocycles. The van der Waals surface area contributed by atoms with Gasteiger partial charge in [-0.2, -0.15) is 13.2 Å². The first-order chi connectivity index (χ1) is 7.73. The summed E-state index contributed by atoms with van der Waals surface area (Å²) in [5, 5.41) is 0. The van der Waals surface area contributed by atoms with E-state index in [-0.39, 0.29) is 6.61 Å². The number of aliphatic imine (C=N–C) groups is 1. The molecule has 0 fully saturated rings. The maximum Gasteiger partial charge on any atom is 0.433 e. The molecule has 0 saturated heterocycles. The molecule has 2 N–H and O–H groups in total. The number of nitrogens with two attached hydrogens (primary N) is 1. The molecule has 0 bridgehead atoms. The molecular weight excluding hydrogens is 237 g/mol. The van der Waals surface area contributed by atoms with E-state index in [1.54, 1.807) is 0 Å². The minimum Gasteiger partial charge on any atom is -0.462 e. The van der Waals surface area contributed by atoms with E-state index in [2.05, 4.69) is 9.73 Å². The fraction of sp³-hybridized carbons (Fsp3) is 0.600. The van der Waals surface area contributed by atoms with Gasteiger partial charge in [0.2, 0.25) is 0 Å². The first-order valence-corrected chi connectivity index (χ1v) is 4.98. The summed E-state index contributed by atoms with van der Waals surface area (Å²) in [5.74, 6) is -1.13. The largest absolute Gasteiger partial charge is 0.462 e. The molecule has 0 unspecified atom stereocenters. The van der Waals surface area contributed by atoms with Crippen LogP contribution in [-0.2, 0) is 9.53 Å². The lowest BCUT2D eigenvalue weighted by Gasteiger charge is -2.14. The zero-order valence-corrected chi connectivity index (χ0v) is 9.84. The fourth-order valence-electron chi connectivity index (χ4n) is 1.01. The lowest BCUT2D eigenvalue weighted by molar-refractivity contribution is -0.138. The lowest BCUT2D eigenvalue weighted by atomic mass is 10.1. The van der Waals surface area contributed by atoms with Gasteiger partial charge in [-0.1, -0.05) is 0 Å². The van der Waals surface area contributed by atoms with Crippen molar-refractivity contribution in [2.75, 3.05) is 6.61 Å². The third-order valence-electron chi connectivity index (χ3n) is 1.57. The monoisotopic (exact) mass is 252 g/mol. The molecule has 4 nitrogen and oxygen atoms in total. The minimum atomic E-state index is -4.75. The Balaban J connectivity index is 5.38. The average Bonchev–Trinajstić information content (AvgIpc) is 2.15. The van der Waals surface area contributed by atoms with Gasteiger partial charge in [0, 0.05) is 12.2 Å². The smallest absolute Gasteiger partial charge is 0.433 e. The normalized spacial score (nSPS) is 14.1. The van der Waals surface area contributed by atoms with Crippen molar-refractivity contribution < 1.29 is 22.7 Å². The molecule has 0 aromatic rings. The standard InChI is InChI=1S/C10H15F3N2O2/c1-4-17-9(16)7(5-14)8(10(11,12)13)15-6(2)3/h5-6H,4,14H2,1-3H3/b7-5+,15-8?. The van der Waals surface area contributed by atoms with Crippen molar-refractivity contribution >= 4 is 11.7 Å². The maximum atomic E-state index is 12.7. The molecule has 0 aliphatic carbocycles. The van der Waals surface area contributed by atoms with E-state index in [1.807, 2.05) is 0 Å². The summed E-state index contributed by atoms with van der Waals surface area (Å²) < 4.78 is 42.5. The van der Waals surface area contributed by atoms with Crippen molar-refractivity contribution in [3.63, 3.8) is 0 Å². The molecular formula is C10H15F3N2O2. The Morgan fingerprint density at radius 1 is 1.47 bits per heavy atom. The fourth-order valence-corrected chi connectivity index (χ4v) is 1.01. The second kappa shape index (κ2) is 6.27. The zero-order valence-electron chi connectivity index (χ0n) is 9.84. The molecule has 0 aromatic heterocycles. The van der Waals surface area contributed by atoms with Gasteiger partial charge in [-0.3, -0.25) is 4.99 Å². The van der Waals surface area contributed by atoms with Crippen LogP contribution in [0.3, 0.4) is 0 Å². The van der Waals surface area contributed by atoms with Gasteiger partial charge in [0.15, 0.2) is 5.71 Å². The first kappa shape index (κ1) is 15.5. The molecule has 0 rings (SSSR count). The second-order valence-electron chi connectivity index (χ2n) is 3.37. The van der Waals surface area contributed by atoms with Crippen LogP contribution in [0.4, 0.5) is 13.2 Å². The Morgan fingerprint density at radius 3 is 2.29 bits per heavy atom. The highest BCUT2D eigenvalue weighted by atomic mass is 19.4. The Bertz CT molecular complexity index is 333. The molecule has 0 aromatic carbocycles. The van der Waals surface area contributed by atoms with E-state index in [1.165, 1.54) is 20.8 Å². The highest BCUT2D eigenvalue weighted by Crippen LogP contribution is 2.23. The number of nitrogens with zero attached hydrogens (tertiary/aromatic N) is 1. The summed E-state index contributed by atoms with van der Waals surface area (Å²) in [5.41, 5.74) is 2.95. The predicted molar refractivity (Wildman–Crippen MR) is 57.5 cm³/mol. The van der Waals surface area contributed by atoms with Gasteiger partial charge in [0.25, 0.3) is 0 Å². The number of carbonyl (C=O) groups is 1. The minimum absolute atomic E-state index is 0.0387. The van der Waals surface area contributed by atoms with Crippen LogP contribution in [0.5, 0.6) is 0 Å². The zero-order chi connectivity index (χ0) is 13.6. The van der Waals surface area contributed by atoms with Crippen LogP contribution in [0.2, 0.25) is 0 Å². The van der Waals surface area contributed by atoms with E-state index in [0.717, 1.165) is 0 Å². The highest BCUT2D eigenvalue weighted by Gasteiger charge is 2.41. The predicted octanol–water partition coefficient (Wildman–Crippen LogP) is 1.80. The number of esters is 1. The van der Waals surface area contributed by atoms with Gasteiger partial charge < -0.3 is 10.5 Å². The summed E-state index contributed by atoms with van der Waals surface area (Å²) in [6.45, 7) is 4.37. The molecule has 0 spiro atoms. The van der Waals surface area contributed by atoms with E-state index in [0.29, 0.717) is 6.20 Å². The maximum absolute atomic E-state index is 12.7. The third kappa shape index (κ3) is 4.88. The van der Waals surface area contributed by atoms with E-state index in [4.69, 9.17) is 5.73 Å². The van der Waals surface area contributed by atoms with Crippen LogP contribution in [0.1, 0.15) is 20.8 Å². The molecule has 0 radical (unpaired) electrons. The van der Waals surface area contributed by atoms with Crippen LogP contribution in [0.25, 0.3) is 0 Å². The van der Waals surface area contributed by atoms with E-state index in [9.17, 15) is 18.0 Å². The quantitative estimate of drug-likeness (QED) is 0.471. The Hall–Kier alpha value is -1.53. The van der Waals surface area contributed by atoms with Gasteiger partial charge in [0.1, 0.15) is 5.57 Å². The van der Waals surface area contributed by atoms with E-state index < -0.39 is 29.5 Å². The SMILES string of the molecule is CCOC(=O)/C(=C/N)C(=NC(C)C)C(F)(F)F. The molecule has 17 heavy (non-hydrogen) atoms. The van der Waals surface area contributed by atoms with Gasteiger partial charge in [0.05, 0.1) is 6.61 Å². The van der Waals surface area contributed by atoms with Crippen LogP contribution in [0.15, 0.2) is 16.8 Å². The molecule has 0 atom stereocenters. The van der Waals surface area contributed by atoms with Crippen molar-refractivity contribution in [3.05, 3.63) is 11.8 Å². The van der Waals surface area contributed by atoms with Crippen LogP contribution < -0.4 is 5.73 Å². The van der Waals surface area contributed by atoms with Crippen molar-refractivity contribution in [1.82, 2.24) is 0 Å². The average molecular weight is 252 g/mol. The second-order valence-corrected chi connectivity index (χ2v) is 3.37. The topological polar surface area (TPSA) is 64.7 Å². The summed E-state index contributed by atoms with van der Waals surface area (Å²) in [7, 11) is 0. The molecule has 0 amide bonds. The molecule has 0 aliphatic heterocycles. The summed E-state index contributed by atoms with van der Waals surface area (Å²) in [6.07, 6.45) is -4.19. The molecule has 7 heteroatoms. The molecule has 0 aliphatic rings. The molecule has 98 valence electrons. The number of ether oxygens (including phenoxy) is 1. The van der Waals surface area contributed by atoms with E-state index >= 15 is 0 Å². The summed E-state index contributed by atoms with van der Waals surface area (Å²) in [4.78, 5) is 14.7. The number of halogens is 3. The number of alkyl halides is 3. The first-order valence-electron chi connectivity index (χ1n) is 4.98. The number of hydrogen-bond acceptors (Lipinski definition) is 4. The Kier molecular flexibility index (Phi) is 5.70. The van der Waals surface area contributed by atoms with Crippen molar-refractivity contribution in [2.45, 2.75) is 33.0 Å². The lowest BCUT2D eigenvalue weighted by Crippen LogP contribution is -2.31. The Labute approximate surface area is 97.3 Å². The number of carbonyl (C=O) groups excluding carboxylic acids is 1. The Morgan fingerprint density at radius 2 is 2.00 bits per heavy atom. The van der Waals surface area contributed by atoms with Crippen LogP contribution >= 0.6 is 0 Å². The highest BCUT2D eigenvalue weighted by molar-refractivity contribution is 6.21. The molecule has 0 saturated carbocycles. The number of rotatable bonds is 4. The van der Waals surface area contributed by atoms with Gasteiger partial charge in [-0.05, 0) is 20.8 Å². The number of hydrogen-bond donors (Lipinski definition) is 1. The third-order valence-corrected chi connectivity index (χ3v) is 1.57.